The zero-order valence-corrected chi connectivity index (χ0v) is 15.7. The van der Waals surface area contributed by atoms with Gasteiger partial charge in [0.1, 0.15) is 0 Å². The first kappa shape index (κ1) is 17.6. The van der Waals surface area contributed by atoms with Gasteiger partial charge in [-0.05, 0) is 24.3 Å². The van der Waals surface area contributed by atoms with Crippen molar-refractivity contribution in [1.82, 2.24) is 15.2 Å². The lowest BCUT2D eigenvalue weighted by Crippen LogP contribution is -2.06. The SMILES string of the molecule is O=C(CCc1nc2ccccc2s1)OCc1nnc(-c2ccccc2Cl)o1. The maximum atomic E-state index is 12.0. The lowest BCUT2D eigenvalue weighted by molar-refractivity contribution is -0.145. The number of benzene rings is 2. The van der Waals surface area contributed by atoms with Gasteiger partial charge in [-0.1, -0.05) is 35.9 Å². The molecule has 0 atom stereocenters. The first-order valence-corrected chi connectivity index (χ1v) is 9.46. The lowest BCUT2D eigenvalue weighted by Gasteiger charge is -2.00. The molecule has 4 aromatic rings. The number of carbonyl (C=O) groups excluding carboxylic acids is 1. The quantitative estimate of drug-likeness (QED) is 0.438. The standard InChI is InChI=1S/C19H14ClN3O3S/c20-13-6-2-1-5-12(13)19-23-22-16(26-19)11-25-18(24)10-9-17-21-14-7-3-4-8-15(14)27-17/h1-8H,9-11H2. The van der Waals surface area contributed by atoms with E-state index < -0.39 is 0 Å². The number of rotatable bonds is 6. The molecule has 136 valence electrons. The molecular weight excluding hydrogens is 386 g/mol. The number of aromatic nitrogens is 3. The lowest BCUT2D eigenvalue weighted by atomic mass is 10.2. The molecule has 4 rings (SSSR count). The molecule has 0 spiro atoms. The third kappa shape index (κ3) is 4.15. The van der Waals surface area contributed by atoms with Gasteiger partial charge in [0.05, 0.1) is 32.2 Å². The van der Waals surface area contributed by atoms with Crippen LogP contribution in [0.15, 0.2) is 52.9 Å². The van der Waals surface area contributed by atoms with Crippen molar-refractivity contribution in [2.45, 2.75) is 19.4 Å². The number of carbonyl (C=O) groups is 1. The highest BCUT2D eigenvalue weighted by molar-refractivity contribution is 7.18. The van der Waals surface area contributed by atoms with Crippen LogP contribution in [-0.4, -0.2) is 21.2 Å². The van der Waals surface area contributed by atoms with Crippen molar-refractivity contribution in [2.24, 2.45) is 0 Å². The number of hydrogen-bond acceptors (Lipinski definition) is 7. The molecular formula is C19H14ClN3O3S. The van der Waals surface area contributed by atoms with E-state index in [9.17, 15) is 4.79 Å². The molecule has 0 aliphatic rings. The number of thiazole rings is 1. The molecule has 0 amide bonds. The number of nitrogens with zero attached hydrogens (tertiary/aromatic N) is 3. The predicted octanol–water partition coefficient (Wildman–Crippen LogP) is 4.68. The molecule has 0 radical (unpaired) electrons. The molecule has 2 aromatic heterocycles. The minimum Gasteiger partial charge on any atom is -0.456 e. The fourth-order valence-corrected chi connectivity index (χ4v) is 3.69. The summed E-state index contributed by atoms with van der Waals surface area (Å²) in [7, 11) is 0. The summed E-state index contributed by atoms with van der Waals surface area (Å²) in [5.41, 5.74) is 1.59. The molecule has 0 aliphatic carbocycles. The van der Waals surface area contributed by atoms with E-state index in [0.717, 1.165) is 15.2 Å². The van der Waals surface area contributed by atoms with Crippen LogP contribution in [-0.2, 0) is 22.6 Å². The van der Waals surface area contributed by atoms with Crippen LogP contribution >= 0.6 is 22.9 Å². The van der Waals surface area contributed by atoms with Gasteiger partial charge in [-0.2, -0.15) is 0 Å². The van der Waals surface area contributed by atoms with E-state index in [1.807, 2.05) is 36.4 Å². The summed E-state index contributed by atoms with van der Waals surface area (Å²) in [5, 5.41) is 9.26. The van der Waals surface area contributed by atoms with Crippen LogP contribution in [0.1, 0.15) is 17.3 Å². The van der Waals surface area contributed by atoms with E-state index in [1.54, 1.807) is 23.5 Å². The van der Waals surface area contributed by atoms with Crippen LogP contribution in [0.4, 0.5) is 0 Å². The first-order valence-electron chi connectivity index (χ1n) is 8.26. The van der Waals surface area contributed by atoms with E-state index in [-0.39, 0.29) is 24.9 Å². The summed E-state index contributed by atoms with van der Waals surface area (Å²) in [4.78, 5) is 16.5. The minimum absolute atomic E-state index is 0.0733. The number of hydrogen-bond donors (Lipinski definition) is 0. The molecule has 0 saturated heterocycles. The second kappa shape index (κ2) is 7.85. The monoisotopic (exact) mass is 399 g/mol. The Labute approximate surface area is 163 Å². The Morgan fingerprint density at radius 2 is 1.93 bits per heavy atom. The Morgan fingerprint density at radius 1 is 1.11 bits per heavy atom. The second-order valence-corrected chi connectivity index (χ2v) is 7.24. The molecule has 0 bridgehead atoms. The molecule has 8 heteroatoms. The molecule has 2 aromatic carbocycles. The second-order valence-electron chi connectivity index (χ2n) is 5.72. The Hall–Kier alpha value is -2.77. The van der Waals surface area contributed by atoms with Gasteiger partial charge in [-0.15, -0.1) is 21.5 Å². The van der Waals surface area contributed by atoms with E-state index in [4.69, 9.17) is 20.8 Å². The molecule has 0 aliphatic heterocycles. The molecule has 0 unspecified atom stereocenters. The molecule has 0 N–H and O–H groups in total. The van der Waals surface area contributed by atoms with Gasteiger partial charge in [-0.25, -0.2) is 4.98 Å². The maximum Gasteiger partial charge on any atom is 0.306 e. The third-order valence-corrected chi connectivity index (χ3v) is 5.23. The Balaban J connectivity index is 1.31. The zero-order valence-electron chi connectivity index (χ0n) is 14.1. The van der Waals surface area contributed by atoms with Gasteiger partial charge in [0.25, 0.3) is 5.89 Å². The van der Waals surface area contributed by atoms with Crippen LogP contribution in [0.25, 0.3) is 21.7 Å². The van der Waals surface area contributed by atoms with Crippen molar-refractivity contribution in [3.8, 4) is 11.5 Å². The van der Waals surface area contributed by atoms with Crippen molar-refractivity contribution in [3.63, 3.8) is 0 Å². The van der Waals surface area contributed by atoms with Gasteiger partial charge in [0, 0.05) is 6.42 Å². The smallest absolute Gasteiger partial charge is 0.306 e. The molecule has 0 fully saturated rings. The number of para-hydroxylation sites is 1. The Kier molecular flexibility index (Phi) is 5.13. The third-order valence-electron chi connectivity index (χ3n) is 3.81. The van der Waals surface area contributed by atoms with Gasteiger partial charge in [0.2, 0.25) is 5.89 Å². The highest BCUT2D eigenvalue weighted by Gasteiger charge is 2.13. The highest BCUT2D eigenvalue weighted by atomic mass is 35.5. The molecule has 0 saturated carbocycles. The van der Waals surface area contributed by atoms with E-state index in [1.165, 1.54) is 0 Å². The largest absolute Gasteiger partial charge is 0.456 e. The fourth-order valence-electron chi connectivity index (χ4n) is 2.51. The predicted molar refractivity (Wildman–Crippen MR) is 102 cm³/mol. The summed E-state index contributed by atoms with van der Waals surface area (Å²) >= 11 is 7.69. The fraction of sp³-hybridized carbons (Fsp3) is 0.158. The van der Waals surface area contributed by atoms with Crippen molar-refractivity contribution < 1.29 is 13.9 Å². The Morgan fingerprint density at radius 3 is 2.78 bits per heavy atom. The zero-order chi connectivity index (χ0) is 18.6. The highest BCUT2D eigenvalue weighted by Crippen LogP contribution is 2.26. The van der Waals surface area contributed by atoms with Gasteiger partial charge in [0.15, 0.2) is 6.61 Å². The first-order chi connectivity index (χ1) is 13.2. The number of fused-ring (bicyclic) bond motifs is 1. The van der Waals surface area contributed by atoms with E-state index in [0.29, 0.717) is 22.9 Å². The topological polar surface area (TPSA) is 78.1 Å². The van der Waals surface area contributed by atoms with Crippen molar-refractivity contribution in [1.29, 1.82) is 0 Å². The summed E-state index contributed by atoms with van der Waals surface area (Å²) < 4.78 is 11.8. The van der Waals surface area contributed by atoms with Gasteiger partial charge >= 0.3 is 5.97 Å². The van der Waals surface area contributed by atoms with E-state index in [2.05, 4.69) is 15.2 Å². The average molecular weight is 400 g/mol. The van der Waals surface area contributed by atoms with Gasteiger partial charge in [-0.3, -0.25) is 4.79 Å². The maximum absolute atomic E-state index is 12.0. The minimum atomic E-state index is -0.341. The normalized spacial score (nSPS) is 11.0. The number of esters is 1. The van der Waals surface area contributed by atoms with Crippen LogP contribution in [0.2, 0.25) is 5.02 Å². The summed E-state index contributed by atoms with van der Waals surface area (Å²) in [6.45, 7) is -0.0733. The van der Waals surface area contributed by atoms with E-state index >= 15 is 0 Å². The number of aryl methyl sites for hydroxylation is 1. The van der Waals surface area contributed by atoms with Crippen molar-refractivity contribution >= 4 is 39.1 Å². The average Bonchev–Trinajstić information content (AvgIpc) is 3.31. The van der Waals surface area contributed by atoms with Crippen LogP contribution in [0.3, 0.4) is 0 Å². The molecule has 6 nitrogen and oxygen atoms in total. The van der Waals surface area contributed by atoms with Crippen LogP contribution in [0, 0.1) is 0 Å². The van der Waals surface area contributed by atoms with Crippen molar-refractivity contribution in [3.05, 3.63) is 64.5 Å². The number of ether oxygens (including phenoxy) is 1. The number of halogens is 1. The summed E-state index contributed by atoms with van der Waals surface area (Å²) in [5.74, 6) is 0.172. The van der Waals surface area contributed by atoms with Crippen LogP contribution < -0.4 is 0 Å². The summed E-state index contributed by atoms with van der Waals surface area (Å²) in [6, 6.07) is 15.1. The summed E-state index contributed by atoms with van der Waals surface area (Å²) in [6.07, 6.45) is 0.776. The Bertz CT molecular complexity index is 1060. The van der Waals surface area contributed by atoms with Crippen molar-refractivity contribution in [2.75, 3.05) is 0 Å². The van der Waals surface area contributed by atoms with Gasteiger partial charge < -0.3 is 9.15 Å². The van der Waals surface area contributed by atoms with Crippen LogP contribution in [0.5, 0.6) is 0 Å². The molecule has 2 heterocycles. The molecule has 27 heavy (non-hydrogen) atoms.